The van der Waals surface area contributed by atoms with E-state index in [1.165, 1.54) is 12.1 Å². The minimum Gasteiger partial charge on any atom is -0.489 e. The van der Waals surface area contributed by atoms with E-state index in [9.17, 15) is 9.18 Å². The highest BCUT2D eigenvalue weighted by Crippen LogP contribution is 2.55. The highest BCUT2D eigenvalue weighted by molar-refractivity contribution is 5.96. The molecule has 1 aliphatic carbocycles. The van der Waals surface area contributed by atoms with Gasteiger partial charge in [-0.15, -0.1) is 0 Å². The molecule has 1 N–H and O–H groups in total. The number of hydrogen-bond donors (Lipinski definition) is 1. The summed E-state index contributed by atoms with van der Waals surface area (Å²) in [5.74, 6) is 0.123. The predicted octanol–water partition coefficient (Wildman–Crippen LogP) is 4.33. The maximum Gasteiger partial charge on any atom is 0.228 e. The molecule has 3 aromatic rings. The molecule has 0 aliphatic heterocycles. The molecule has 0 saturated heterocycles. The zero-order chi connectivity index (χ0) is 20.4. The molecule has 150 valence electrons. The van der Waals surface area contributed by atoms with E-state index < -0.39 is 0 Å². The monoisotopic (exact) mass is 393 g/mol. The molecular weight excluding hydrogens is 369 g/mol. The number of aromatic nitrogens is 2. The summed E-state index contributed by atoms with van der Waals surface area (Å²) in [7, 11) is 0. The van der Waals surface area contributed by atoms with Gasteiger partial charge in [-0.05, 0) is 50.1 Å². The summed E-state index contributed by atoms with van der Waals surface area (Å²) < 4.78 is 21.1. The van der Waals surface area contributed by atoms with E-state index in [0.29, 0.717) is 18.7 Å². The fourth-order valence-corrected chi connectivity index (χ4v) is 3.75. The van der Waals surface area contributed by atoms with E-state index in [1.807, 2.05) is 55.1 Å². The van der Waals surface area contributed by atoms with Crippen LogP contribution in [-0.2, 0) is 16.8 Å². The van der Waals surface area contributed by atoms with Crippen LogP contribution in [0.3, 0.4) is 0 Å². The Hall–Kier alpha value is -3.15. The topological polar surface area (TPSA) is 56.1 Å². The molecule has 5 nitrogen and oxygen atoms in total. The van der Waals surface area contributed by atoms with Crippen molar-refractivity contribution in [2.45, 2.75) is 32.2 Å². The SMILES string of the molecule is CCn1cc(OC[C@@]2(c3ccccc3)C[C@H]2C(=O)Nc2ccc(F)cc2)c(C)n1. The molecule has 1 fully saturated rings. The average Bonchev–Trinajstić information content (AvgIpc) is 3.38. The second-order valence-corrected chi connectivity index (χ2v) is 7.50. The number of amides is 1. The van der Waals surface area contributed by atoms with E-state index >= 15 is 0 Å². The zero-order valence-corrected chi connectivity index (χ0v) is 16.6. The first-order valence-corrected chi connectivity index (χ1v) is 9.80. The summed E-state index contributed by atoms with van der Waals surface area (Å²) >= 11 is 0. The molecule has 1 heterocycles. The van der Waals surface area contributed by atoms with E-state index in [1.54, 1.807) is 12.1 Å². The van der Waals surface area contributed by atoms with Gasteiger partial charge in [0, 0.05) is 17.6 Å². The van der Waals surface area contributed by atoms with E-state index in [0.717, 1.165) is 23.6 Å². The molecule has 4 rings (SSSR count). The molecule has 1 aliphatic rings. The first-order chi connectivity index (χ1) is 14.0. The first-order valence-electron chi connectivity index (χ1n) is 9.80. The van der Waals surface area contributed by atoms with Crippen molar-refractivity contribution in [3.63, 3.8) is 0 Å². The van der Waals surface area contributed by atoms with Crippen molar-refractivity contribution < 1.29 is 13.9 Å². The van der Waals surface area contributed by atoms with Crippen LogP contribution in [0.1, 0.15) is 24.6 Å². The third-order valence-corrected chi connectivity index (χ3v) is 5.56. The number of hydrogen-bond acceptors (Lipinski definition) is 3. The van der Waals surface area contributed by atoms with Gasteiger partial charge < -0.3 is 10.1 Å². The Morgan fingerprint density at radius 3 is 2.62 bits per heavy atom. The van der Waals surface area contributed by atoms with E-state index in [-0.39, 0.29) is 23.1 Å². The molecule has 29 heavy (non-hydrogen) atoms. The number of anilines is 1. The highest BCUT2D eigenvalue weighted by Gasteiger charge is 2.60. The number of aryl methyl sites for hydroxylation is 2. The number of rotatable bonds is 7. The number of ether oxygens (including phenoxy) is 1. The Morgan fingerprint density at radius 1 is 1.24 bits per heavy atom. The van der Waals surface area contributed by atoms with Crippen molar-refractivity contribution in [3.8, 4) is 5.75 Å². The third kappa shape index (κ3) is 3.88. The summed E-state index contributed by atoms with van der Waals surface area (Å²) in [5, 5.41) is 7.32. The first kappa shape index (κ1) is 19.2. The van der Waals surface area contributed by atoms with Crippen LogP contribution in [0.5, 0.6) is 5.75 Å². The van der Waals surface area contributed by atoms with Gasteiger partial charge in [0.2, 0.25) is 5.91 Å². The van der Waals surface area contributed by atoms with Gasteiger partial charge in [-0.3, -0.25) is 9.48 Å². The van der Waals surface area contributed by atoms with Crippen molar-refractivity contribution in [1.29, 1.82) is 0 Å². The summed E-state index contributed by atoms with van der Waals surface area (Å²) in [4.78, 5) is 12.9. The molecular formula is C23H24FN3O2. The van der Waals surface area contributed by atoms with Crippen molar-refractivity contribution in [3.05, 3.63) is 77.9 Å². The van der Waals surface area contributed by atoms with E-state index in [4.69, 9.17) is 4.74 Å². The summed E-state index contributed by atoms with van der Waals surface area (Å²) in [5.41, 5.74) is 2.13. The normalized spacial score (nSPS) is 20.3. The molecule has 0 radical (unpaired) electrons. The van der Waals surface area contributed by atoms with Crippen LogP contribution in [-0.4, -0.2) is 22.3 Å². The average molecular weight is 393 g/mol. The largest absolute Gasteiger partial charge is 0.489 e. The number of nitrogens with one attached hydrogen (secondary N) is 1. The summed E-state index contributed by atoms with van der Waals surface area (Å²) in [6.45, 7) is 5.12. The maximum atomic E-state index is 13.1. The van der Waals surface area contributed by atoms with Crippen LogP contribution in [0, 0.1) is 18.7 Å². The van der Waals surface area contributed by atoms with Crippen LogP contribution >= 0.6 is 0 Å². The molecule has 1 saturated carbocycles. The van der Waals surface area contributed by atoms with E-state index in [2.05, 4.69) is 10.4 Å². The summed E-state index contributed by atoms with van der Waals surface area (Å²) in [6, 6.07) is 15.8. The minimum atomic E-state index is -0.383. The Balaban J connectivity index is 1.52. The minimum absolute atomic E-state index is 0.0787. The molecule has 0 unspecified atom stereocenters. The number of benzene rings is 2. The van der Waals surface area contributed by atoms with Crippen LogP contribution in [0.2, 0.25) is 0 Å². The Morgan fingerprint density at radius 2 is 1.97 bits per heavy atom. The molecule has 0 spiro atoms. The van der Waals surface area contributed by atoms with Crippen molar-refractivity contribution >= 4 is 11.6 Å². The van der Waals surface area contributed by atoms with Crippen molar-refractivity contribution in [2.75, 3.05) is 11.9 Å². The Labute approximate surface area is 169 Å². The smallest absolute Gasteiger partial charge is 0.228 e. The van der Waals surface area contributed by atoms with Gasteiger partial charge in [0.05, 0.1) is 18.7 Å². The van der Waals surface area contributed by atoms with Gasteiger partial charge in [-0.1, -0.05) is 30.3 Å². The lowest BCUT2D eigenvalue weighted by atomic mass is 9.93. The van der Waals surface area contributed by atoms with Crippen LogP contribution in [0.4, 0.5) is 10.1 Å². The molecule has 6 heteroatoms. The molecule has 1 aromatic heterocycles. The number of halogens is 1. The van der Waals surface area contributed by atoms with Crippen molar-refractivity contribution in [2.24, 2.45) is 5.92 Å². The lowest BCUT2D eigenvalue weighted by Crippen LogP contribution is -2.26. The van der Waals surface area contributed by atoms with Gasteiger partial charge in [-0.25, -0.2) is 4.39 Å². The van der Waals surface area contributed by atoms with Gasteiger partial charge in [0.25, 0.3) is 0 Å². The number of carbonyl (C=O) groups is 1. The highest BCUT2D eigenvalue weighted by atomic mass is 19.1. The van der Waals surface area contributed by atoms with Gasteiger partial charge in [0.15, 0.2) is 5.75 Å². The fourth-order valence-electron chi connectivity index (χ4n) is 3.75. The van der Waals surface area contributed by atoms with Crippen LogP contribution in [0.25, 0.3) is 0 Å². The van der Waals surface area contributed by atoms with Crippen LogP contribution < -0.4 is 10.1 Å². The molecule has 0 bridgehead atoms. The Kier molecular flexibility index (Phi) is 5.09. The predicted molar refractivity (Wildman–Crippen MR) is 109 cm³/mol. The second-order valence-electron chi connectivity index (χ2n) is 7.50. The molecule has 2 atom stereocenters. The second kappa shape index (κ2) is 7.70. The Bertz CT molecular complexity index is 1000. The zero-order valence-electron chi connectivity index (χ0n) is 16.6. The van der Waals surface area contributed by atoms with Gasteiger partial charge in [0.1, 0.15) is 11.5 Å². The number of nitrogens with zero attached hydrogens (tertiary/aromatic N) is 2. The van der Waals surface area contributed by atoms with Crippen LogP contribution in [0.15, 0.2) is 60.8 Å². The van der Waals surface area contributed by atoms with Gasteiger partial charge >= 0.3 is 0 Å². The molecule has 2 aromatic carbocycles. The number of carbonyl (C=O) groups excluding carboxylic acids is 1. The lowest BCUT2D eigenvalue weighted by Gasteiger charge is -2.19. The van der Waals surface area contributed by atoms with Gasteiger partial charge in [-0.2, -0.15) is 5.10 Å². The molecule has 1 amide bonds. The van der Waals surface area contributed by atoms with Crippen molar-refractivity contribution in [1.82, 2.24) is 9.78 Å². The lowest BCUT2D eigenvalue weighted by molar-refractivity contribution is -0.117. The third-order valence-electron chi connectivity index (χ3n) is 5.56. The maximum absolute atomic E-state index is 13.1. The standard InChI is InChI=1S/C23H24FN3O2/c1-3-27-14-21(16(2)26-27)29-15-23(17-7-5-4-6-8-17)13-20(23)22(28)25-19-11-9-18(24)10-12-19/h4-12,14,20H,3,13,15H2,1-2H3,(H,25,28)/t20-,23+/m0/s1. The quantitative estimate of drug-likeness (QED) is 0.650. The summed E-state index contributed by atoms with van der Waals surface area (Å²) in [6.07, 6.45) is 2.59. The fraction of sp³-hybridized carbons (Fsp3) is 0.304.